The highest BCUT2D eigenvalue weighted by Crippen LogP contribution is 2.42. The zero-order valence-corrected chi connectivity index (χ0v) is 18.3. The second-order valence-electron chi connectivity index (χ2n) is 8.41. The normalized spacial score (nSPS) is 17.9. The van der Waals surface area contributed by atoms with Crippen LogP contribution in [0.1, 0.15) is 45.2 Å². The van der Waals surface area contributed by atoms with E-state index in [9.17, 15) is 0 Å². The number of nitrogens with one attached hydrogen (secondary N) is 1. The Hall–Kier alpha value is -2.34. The summed E-state index contributed by atoms with van der Waals surface area (Å²) in [6.45, 7) is 11.6. The number of hydrogen-bond donors (Lipinski definition) is 1. The van der Waals surface area contributed by atoms with Crippen LogP contribution in [0.4, 0.5) is 0 Å². The number of hydrogen-bond acceptors (Lipinski definition) is 2. The molecule has 2 aromatic carbocycles. The zero-order chi connectivity index (χ0) is 20.7. The lowest BCUT2D eigenvalue weighted by molar-refractivity contribution is 0.341. The van der Waals surface area contributed by atoms with Gasteiger partial charge in [-0.25, -0.2) is 0 Å². The predicted molar refractivity (Wildman–Crippen MR) is 124 cm³/mol. The summed E-state index contributed by atoms with van der Waals surface area (Å²) in [5.41, 5.74) is 2.37. The Balaban J connectivity index is 1.78. The van der Waals surface area contributed by atoms with Gasteiger partial charge in [0.25, 0.3) is 0 Å². The van der Waals surface area contributed by atoms with Crippen molar-refractivity contribution in [3.8, 4) is 11.8 Å². The molecule has 0 aliphatic heterocycles. The molecule has 0 spiro atoms. The van der Waals surface area contributed by atoms with Crippen molar-refractivity contribution >= 4 is 0 Å². The molecule has 1 aliphatic carbocycles. The predicted octanol–water partition coefficient (Wildman–Crippen LogP) is 5.01. The van der Waals surface area contributed by atoms with Gasteiger partial charge in [-0.15, -0.1) is 0 Å². The summed E-state index contributed by atoms with van der Waals surface area (Å²) in [7, 11) is 0. The fourth-order valence-electron chi connectivity index (χ4n) is 4.25. The molecule has 2 nitrogen and oxygen atoms in total. The molecule has 0 saturated heterocycles. The van der Waals surface area contributed by atoms with Crippen LogP contribution < -0.4 is 5.32 Å². The smallest absolute Gasteiger partial charge is 0.0748 e. The zero-order valence-electron chi connectivity index (χ0n) is 18.3. The molecule has 0 radical (unpaired) electrons. The van der Waals surface area contributed by atoms with E-state index in [1.807, 2.05) is 0 Å². The first kappa shape index (κ1) is 21.4. The molecule has 0 aromatic heterocycles. The summed E-state index contributed by atoms with van der Waals surface area (Å²) < 4.78 is 0. The molecule has 29 heavy (non-hydrogen) atoms. The lowest BCUT2D eigenvalue weighted by Gasteiger charge is -2.32. The van der Waals surface area contributed by atoms with Gasteiger partial charge in [0.05, 0.1) is 12.1 Å². The first-order valence-corrected chi connectivity index (χ1v) is 10.8. The quantitative estimate of drug-likeness (QED) is 0.531. The molecular formula is C27H34N2. The van der Waals surface area contributed by atoms with Crippen molar-refractivity contribution in [3.63, 3.8) is 0 Å². The summed E-state index contributed by atoms with van der Waals surface area (Å²) >= 11 is 0. The average Bonchev–Trinajstić information content (AvgIpc) is 3.17. The van der Waals surface area contributed by atoms with Gasteiger partial charge in [-0.2, -0.15) is 0 Å². The molecule has 0 saturated carbocycles. The molecule has 1 atom stereocenters. The number of benzene rings is 2. The van der Waals surface area contributed by atoms with Gasteiger partial charge < -0.3 is 0 Å². The van der Waals surface area contributed by atoms with E-state index in [0.29, 0.717) is 0 Å². The van der Waals surface area contributed by atoms with Gasteiger partial charge in [0.1, 0.15) is 0 Å². The number of rotatable bonds is 7. The van der Waals surface area contributed by atoms with Gasteiger partial charge in [-0.05, 0) is 44.5 Å². The van der Waals surface area contributed by atoms with E-state index in [4.69, 9.17) is 0 Å². The second-order valence-corrected chi connectivity index (χ2v) is 8.41. The molecule has 0 amide bonds. The molecular weight excluding hydrogens is 352 g/mol. The fourth-order valence-corrected chi connectivity index (χ4v) is 4.25. The third-order valence-electron chi connectivity index (χ3n) is 5.88. The van der Waals surface area contributed by atoms with E-state index in [1.165, 1.54) is 11.1 Å². The van der Waals surface area contributed by atoms with Crippen LogP contribution in [0.15, 0.2) is 72.8 Å². The van der Waals surface area contributed by atoms with E-state index in [-0.39, 0.29) is 17.0 Å². The molecule has 1 aliphatic rings. The van der Waals surface area contributed by atoms with E-state index in [0.717, 1.165) is 26.1 Å². The van der Waals surface area contributed by atoms with Gasteiger partial charge in [0, 0.05) is 11.5 Å². The maximum Gasteiger partial charge on any atom is 0.0748 e. The lowest BCUT2D eigenvalue weighted by atomic mass is 9.73. The van der Waals surface area contributed by atoms with Crippen LogP contribution in [-0.2, 0) is 5.41 Å². The van der Waals surface area contributed by atoms with Gasteiger partial charge in [0.15, 0.2) is 0 Å². The Bertz CT molecular complexity index is 812. The average molecular weight is 387 g/mol. The molecule has 152 valence electrons. The minimum absolute atomic E-state index is 0.0923. The summed E-state index contributed by atoms with van der Waals surface area (Å²) in [5.74, 6) is 6.83. The van der Waals surface area contributed by atoms with Crippen LogP contribution in [-0.4, -0.2) is 36.1 Å². The number of allylic oxidation sites excluding steroid dienone is 1. The van der Waals surface area contributed by atoms with Crippen molar-refractivity contribution in [1.82, 2.24) is 10.2 Å². The van der Waals surface area contributed by atoms with Gasteiger partial charge in [0.2, 0.25) is 0 Å². The van der Waals surface area contributed by atoms with Crippen LogP contribution in [0.5, 0.6) is 0 Å². The maximum absolute atomic E-state index is 3.78. The van der Waals surface area contributed by atoms with Crippen LogP contribution >= 0.6 is 0 Å². The fraction of sp³-hybridized carbons (Fsp3) is 0.407. The van der Waals surface area contributed by atoms with E-state index in [2.05, 4.69) is 123 Å². The Labute approximate surface area is 177 Å². The summed E-state index contributed by atoms with van der Waals surface area (Å²) in [4.78, 5) is 2.34. The highest BCUT2D eigenvalue weighted by atomic mass is 15.1. The summed E-state index contributed by atoms with van der Waals surface area (Å²) in [6.07, 6.45) is 5.71. The van der Waals surface area contributed by atoms with E-state index < -0.39 is 0 Å². The van der Waals surface area contributed by atoms with Crippen molar-refractivity contribution in [2.75, 3.05) is 19.6 Å². The number of nitrogens with zero attached hydrogens (tertiary/aromatic N) is 1. The molecule has 0 heterocycles. The maximum atomic E-state index is 3.78. The third-order valence-corrected chi connectivity index (χ3v) is 5.88. The third kappa shape index (κ3) is 5.18. The van der Waals surface area contributed by atoms with Gasteiger partial charge in [-0.3, -0.25) is 10.2 Å². The SMILES string of the molecule is CCN(CC)CC#CC(C)(C)NC1C=CC(c2ccccc2)(c2ccccc2)C1. The summed E-state index contributed by atoms with van der Waals surface area (Å²) in [5, 5.41) is 3.78. The van der Waals surface area contributed by atoms with Crippen molar-refractivity contribution in [2.45, 2.75) is 51.1 Å². The van der Waals surface area contributed by atoms with Crippen LogP contribution in [0.25, 0.3) is 0 Å². The van der Waals surface area contributed by atoms with Crippen LogP contribution in [0.2, 0.25) is 0 Å². The lowest BCUT2D eigenvalue weighted by Crippen LogP contribution is -2.45. The Kier molecular flexibility index (Phi) is 6.96. The van der Waals surface area contributed by atoms with Crippen molar-refractivity contribution in [3.05, 3.63) is 83.9 Å². The van der Waals surface area contributed by atoms with Crippen molar-refractivity contribution in [2.24, 2.45) is 0 Å². The molecule has 0 fully saturated rings. The topological polar surface area (TPSA) is 15.3 Å². The van der Waals surface area contributed by atoms with E-state index in [1.54, 1.807) is 0 Å². The van der Waals surface area contributed by atoms with Crippen molar-refractivity contribution < 1.29 is 0 Å². The molecule has 2 aromatic rings. The van der Waals surface area contributed by atoms with Gasteiger partial charge in [-0.1, -0.05) is 98.5 Å². The Morgan fingerprint density at radius 2 is 1.52 bits per heavy atom. The molecule has 2 heteroatoms. The summed E-state index contributed by atoms with van der Waals surface area (Å²) in [6, 6.07) is 22.0. The van der Waals surface area contributed by atoms with Crippen LogP contribution in [0.3, 0.4) is 0 Å². The minimum Gasteiger partial charge on any atom is -0.295 e. The largest absolute Gasteiger partial charge is 0.295 e. The first-order valence-electron chi connectivity index (χ1n) is 10.8. The minimum atomic E-state index is -0.231. The second kappa shape index (κ2) is 9.44. The van der Waals surface area contributed by atoms with E-state index >= 15 is 0 Å². The first-order chi connectivity index (χ1) is 14.0. The standard InChI is InChI=1S/C27H34N2/c1-5-29(6-2)21-13-19-26(3,4)28-25-18-20-27(22-25,23-14-9-7-10-15-23)24-16-11-8-12-17-24/h7-12,14-18,20,25,28H,5-6,21-22H2,1-4H3. The molecule has 1 N–H and O–H groups in total. The van der Waals surface area contributed by atoms with Crippen LogP contribution in [0, 0.1) is 11.8 Å². The van der Waals surface area contributed by atoms with Crippen molar-refractivity contribution in [1.29, 1.82) is 0 Å². The Morgan fingerprint density at radius 1 is 0.966 bits per heavy atom. The Morgan fingerprint density at radius 3 is 2.03 bits per heavy atom. The highest BCUT2D eigenvalue weighted by molar-refractivity contribution is 5.47. The van der Waals surface area contributed by atoms with Gasteiger partial charge >= 0.3 is 0 Å². The molecule has 3 rings (SSSR count). The monoisotopic (exact) mass is 386 g/mol. The molecule has 1 unspecified atom stereocenters. The highest BCUT2D eigenvalue weighted by Gasteiger charge is 2.38. The molecule has 0 bridgehead atoms.